The van der Waals surface area contributed by atoms with E-state index in [1.54, 1.807) is 29.4 Å². The molecule has 5 heteroatoms. The highest BCUT2D eigenvalue weighted by Gasteiger charge is 2.33. The van der Waals surface area contributed by atoms with E-state index in [4.69, 9.17) is 0 Å². The number of benzene rings is 3. The Balaban J connectivity index is 1.76. The number of amides is 2. The maximum absolute atomic E-state index is 13.9. The van der Waals surface area contributed by atoms with Crippen LogP contribution >= 0.6 is 0 Å². The highest BCUT2D eigenvalue weighted by atomic mass is 16.2. The molecule has 3 aromatic carbocycles. The Morgan fingerprint density at radius 1 is 0.784 bits per heavy atom. The van der Waals surface area contributed by atoms with Gasteiger partial charge in [0.25, 0.3) is 5.91 Å². The number of nitrogens with zero attached hydrogens (tertiary/aromatic N) is 2. The maximum atomic E-state index is 13.9. The predicted octanol–water partition coefficient (Wildman–Crippen LogP) is 6.67. The lowest BCUT2D eigenvalue weighted by Gasteiger charge is -2.32. The van der Waals surface area contributed by atoms with Crippen LogP contribution in [-0.2, 0) is 9.59 Å². The van der Waals surface area contributed by atoms with E-state index >= 15 is 0 Å². The molecule has 0 spiro atoms. The highest BCUT2D eigenvalue weighted by Crippen LogP contribution is 2.31. The fourth-order valence-electron chi connectivity index (χ4n) is 4.24. The number of allylic oxidation sites excluding steroid dienone is 1. The Hall–Kier alpha value is -4.51. The normalized spacial score (nSPS) is 12.2. The van der Waals surface area contributed by atoms with Crippen LogP contribution in [0.1, 0.15) is 44.0 Å². The van der Waals surface area contributed by atoms with Crippen LogP contribution in [0, 0.1) is 0 Å². The fourth-order valence-corrected chi connectivity index (χ4v) is 4.24. The van der Waals surface area contributed by atoms with Crippen LogP contribution in [-0.4, -0.2) is 16.8 Å². The number of rotatable bonds is 8. The Morgan fingerprint density at radius 2 is 1.38 bits per heavy atom. The molecule has 0 saturated heterocycles. The van der Waals surface area contributed by atoms with E-state index < -0.39 is 6.04 Å². The molecular formula is C32H31N3O2. The van der Waals surface area contributed by atoms with Gasteiger partial charge in [0.2, 0.25) is 5.91 Å². The van der Waals surface area contributed by atoms with Gasteiger partial charge >= 0.3 is 0 Å². The predicted molar refractivity (Wildman–Crippen MR) is 149 cm³/mol. The average molecular weight is 490 g/mol. The minimum Gasteiger partial charge on any atom is -0.347 e. The summed E-state index contributed by atoms with van der Waals surface area (Å²) in [6.07, 6.45) is 4.85. The molecule has 0 aliphatic heterocycles. The van der Waals surface area contributed by atoms with Gasteiger partial charge in [-0.2, -0.15) is 0 Å². The van der Waals surface area contributed by atoms with E-state index in [1.807, 2.05) is 112 Å². The number of carbonyl (C=O) groups is 2. The zero-order chi connectivity index (χ0) is 26.2. The van der Waals surface area contributed by atoms with Crippen molar-refractivity contribution in [3.63, 3.8) is 0 Å². The Bertz CT molecular complexity index is 1350. The van der Waals surface area contributed by atoms with E-state index in [-0.39, 0.29) is 17.9 Å². The van der Waals surface area contributed by atoms with Crippen LogP contribution in [0.2, 0.25) is 0 Å². The van der Waals surface area contributed by atoms with Crippen molar-refractivity contribution in [2.75, 3.05) is 4.90 Å². The maximum Gasteiger partial charge on any atom is 0.251 e. The minimum atomic E-state index is -0.912. The zero-order valence-corrected chi connectivity index (χ0v) is 21.3. The number of carbonyl (C=O) groups excluding carboxylic acids is 2. The third-order valence-electron chi connectivity index (χ3n) is 6.07. The van der Waals surface area contributed by atoms with Gasteiger partial charge in [-0.3, -0.25) is 19.5 Å². The van der Waals surface area contributed by atoms with Crippen molar-refractivity contribution in [2.24, 2.45) is 0 Å². The number of pyridine rings is 1. The smallest absolute Gasteiger partial charge is 0.251 e. The summed E-state index contributed by atoms with van der Waals surface area (Å²) in [5.41, 5.74) is 5.18. The van der Waals surface area contributed by atoms with Crippen LogP contribution in [0.3, 0.4) is 0 Å². The van der Waals surface area contributed by atoms with Gasteiger partial charge in [0.1, 0.15) is 6.04 Å². The Labute approximate surface area is 218 Å². The third kappa shape index (κ3) is 6.39. The number of hydrogen-bond donors (Lipinski definition) is 1. The van der Waals surface area contributed by atoms with E-state index in [1.165, 1.54) is 0 Å². The van der Waals surface area contributed by atoms with E-state index in [0.29, 0.717) is 11.3 Å². The SMILES string of the molecule is CC(C)=CC(=O)N(c1ccc(-c2ccccc2)cc1)C(C(=O)N[C@@H](C)c1ccccc1)c1cccnc1. The first kappa shape index (κ1) is 25.6. The van der Waals surface area contributed by atoms with Gasteiger partial charge in [0.05, 0.1) is 6.04 Å². The van der Waals surface area contributed by atoms with Gasteiger partial charge in [-0.25, -0.2) is 0 Å². The van der Waals surface area contributed by atoms with Crippen LogP contribution in [0.25, 0.3) is 11.1 Å². The molecule has 0 fully saturated rings. The molecule has 0 saturated carbocycles. The van der Waals surface area contributed by atoms with Crippen LogP contribution < -0.4 is 10.2 Å². The number of anilines is 1. The van der Waals surface area contributed by atoms with Crippen molar-refractivity contribution >= 4 is 17.5 Å². The van der Waals surface area contributed by atoms with Gasteiger partial charge in [0.15, 0.2) is 0 Å². The monoisotopic (exact) mass is 489 g/mol. The minimum absolute atomic E-state index is 0.242. The summed E-state index contributed by atoms with van der Waals surface area (Å²) >= 11 is 0. The van der Waals surface area contributed by atoms with Gasteiger partial charge in [-0.05, 0) is 55.7 Å². The van der Waals surface area contributed by atoms with E-state index in [0.717, 1.165) is 22.3 Å². The summed E-state index contributed by atoms with van der Waals surface area (Å²) in [6, 6.07) is 30.0. The molecule has 4 rings (SSSR count). The lowest BCUT2D eigenvalue weighted by Crippen LogP contribution is -2.44. The summed E-state index contributed by atoms with van der Waals surface area (Å²) in [4.78, 5) is 33.3. The first-order chi connectivity index (χ1) is 17.9. The third-order valence-corrected chi connectivity index (χ3v) is 6.07. The zero-order valence-electron chi connectivity index (χ0n) is 21.3. The summed E-state index contributed by atoms with van der Waals surface area (Å²) in [7, 11) is 0. The molecule has 4 aromatic rings. The molecule has 1 unspecified atom stereocenters. The second kappa shape index (κ2) is 12.0. The quantitative estimate of drug-likeness (QED) is 0.281. The second-order valence-corrected chi connectivity index (χ2v) is 9.17. The van der Waals surface area contributed by atoms with Crippen molar-refractivity contribution < 1.29 is 9.59 Å². The van der Waals surface area contributed by atoms with Crippen molar-refractivity contribution in [3.8, 4) is 11.1 Å². The summed E-state index contributed by atoms with van der Waals surface area (Å²) in [5.74, 6) is -0.559. The molecule has 0 aliphatic carbocycles. The lowest BCUT2D eigenvalue weighted by atomic mass is 10.0. The van der Waals surface area contributed by atoms with Crippen molar-refractivity contribution in [1.29, 1.82) is 0 Å². The summed E-state index contributed by atoms with van der Waals surface area (Å²) in [6.45, 7) is 5.67. The molecular weight excluding hydrogens is 458 g/mol. The number of aromatic nitrogens is 1. The molecule has 2 atom stereocenters. The molecule has 5 nitrogen and oxygen atoms in total. The van der Waals surface area contributed by atoms with Crippen LogP contribution in [0.5, 0.6) is 0 Å². The van der Waals surface area contributed by atoms with Crippen molar-refractivity contribution in [3.05, 3.63) is 132 Å². The first-order valence-electron chi connectivity index (χ1n) is 12.3. The summed E-state index contributed by atoms with van der Waals surface area (Å²) < 4.78 is 0. The largest absolute Gasteiger partial charge is 0.347 e. The molecule has 0 bridgehead atoms. The van der Waals surface area contributed by atoms with Crippen molar-refractivity contribution in [2.45, 2.75) is 32.9 Å². The topological polar surface area (TPSA) is 62.3 Å². The molecule has 1 N–H and O–H groups in total. The molecule has 0 radical (unpaired) electrons. The second-order valence-electron chi connectivity index (χ2n) is 9.17. The Kier molecular flexibility index (Phi) is 8.26. The summed E-state index contributed by atoms with van der Waals surface area (Å²) in [5, 5.41) is 3.11. The van der Waals surface area contributed by atoms with Crippen LogP contribution in [0.15, 0.2) is 121 Å². The van der Waals surface area contributed by atoms with Gasteiger partial charge in [0, 0.05) is 29.7 Å². The molecule has 186 valence electrons. The van der Waals surface area contributed by atoms with Crippen molar-refractivity contribution in [1.82, 2.24) is 10.3 Å². The fraction of sp³-hybridized carbons (Fsp3) is 0.156. The lowest BCUT2D eigenvalue weighted by molar-refractivity contribution is -0.125. The molecule has 37 heavy (non-hydrogen) atoms. The molecule has 2 amide bonds. The average Bonchev–Trinajstić information content (AvgIpc) is 2.92. The van der Waals surface area contributed by atoms with E-state index in [9.17, 15) is 9.59 Å². The highest BCUT2D eigenvalue weighted by molar-refractivity contribution is 6.07. The van der Waals surface area contributed by atoms with Gasteiger partial charge in [-0.1, -0.05) is 84.4 Å². The Morgan fingerprint density at radius 3 is 1.97 bits per heavy atom. The molecule has 0 aliphatic rings. The molecule has 1 aromatic heterocycles. The van der Waals surface area contributed by atoms with Gasteiger partial charge in [-0.15, -0.1) is 0 Å². The molecule has 1 heterocycles. The standard InChI is InChI=1S/C32H31N3O2/c1-23(2)21-30(36)35(29-18-16-27(17-19-29)26-13-8-5-9-14-26)31(28-15-10-20-33-22-28)32(37)34-24(3)25-11-6-4-7-12-25/h4-22,24,31H,1-3H3,(H,34,37)/t24-,31?/m0/s1. The number of nitrogens with one attached hydrogen (secondary N) is 1. The number of hydrogen-bond acceptors (Lipinski definition) is 3. The van der Waals surface area contributed by atoms with E-state index in [2.05, 4.69) is 10.3 Å². The van der Waals surface area contributed by atoms with Gasteiger partial charge < -0.3 is 5.32 Å². The van der Waals surface area contributed by atoms with Crippen LogP contribution in [0.4, 0.5) is 5.69 Å². The first-order valence-corrected chi connectivity index (χ1v) is 12.3.